The summed E-state index contributed by atoms with van der Waals surface area (Å²) in [4.78, 5) is 22.7. The van der Waals surface area contributed by atoms with Crippen molar-refractivity contribution in [3.8, 4) is 5.75 Å². The summed E-state index contributed by atoms with van der Waals surface area (Å²) < 4.78 is 10.1. The van der Waals surface area contributed by atoms with Crippen LogP contribution in [0.4, 0.5) is 0 Å². The van der Waals surface area contributed by atoms with Crippen LogP contribution < -0.4 is 4.74 Å². The van der Waals surface area contributed by atoms with Gasteiger partial charge in [0.1, 0.15) is 12.4 Å². The summed E-state index contributed by atoms with van der Waals surface area (Å²) >= 11 is 0. The Morgan fingerprint density at radius 2 is 1.76 bits per heavy atom. The van der Waals surface area contributed by atoms with Gasteiger partial charge >= 0.3 is 11.9 Å². The van der Waals surface area contributed by atoms with Crippen LogP contribution in [0.5, 0.6) is 5.75 Å². The minimum atomic E-state index is -1.19. The largest absolute Gasteiger partial charge is 0.489 e. The summed E-state index contributed by atoms with van der Waals surface area (Å²) in [6.07, 6.45) is 0. The Hall–Kier alpha value is -2.82. The number of esters is 1. The summed E-state index contributed by atoms with van der Waals surface area (Å²) in [6, 6.07) is 13.7. The smallest absolute Gasteiger partial charge is 0.338 e. The van der Waals surface area contributed by atoms with Crippen molar-refractivity contribution in [3.05, 3.63) is 65.2 Å². The van der Waals surface area contributed by atoms with Crippen molar-refractivity contribution in [2.45, 2.75) is 6.61 Å². The van der Waals surface area contributed by atoms with Crippen molar-refractivity contribution in [1.82, 2.24) is 0 Å². The Balaban J connectivity index is 2.21. The van der Waals surface area contributed by atoms with E-state index in [0.29, 0.717) is 12.4 Å². The fourth-order valence-electron chi connectivity index (χ4n) is 1.82. The zero-order valence-corrected chi connectivity index (χ0v) is 11.4. The first-order chi connectivity index (χ1) is 10.1. The Bertz CT molecular complexity index is 649. The molecule has 21 heavy (non-hydrogen) atoms. The molecule has 0 saturated carbocycles. The van der Waals surface area contributed by atoms with E-state index in [1.165, 1.54) is 25.3 Å². The van der Waals surface area contributed by atoms with Crippen molar-refractivity contribution in [1.29, 1.82) is 0 Å². The highest BCUT2D eigenvalue weighted by Gasteiger charge is 2.18. The average Bonchev–Trinajstić information content (AvgIpc) is 2.52. The Morgan fingerprint density at radius 1 is 1.05 bits per heavy atom. The third-order valence-corrected chi connectivity index (χ3v) is 2.88. The van der Waals surface area contributed by atoms with Crippen molar-refractivity contribution < 1.29 is 24.2 Å². The molecule has 0 heterocycles. The number of aromatic carboxylic acids is 1. The number of carboxylic acids is 1. The second kappa shape index (κ2) is 6.56. The molecule has 2 rings (SSSR count). The van der Waals surface area contributed by atoms with Crippen LogP contribution >= 0.6 is 0 Å². The van der Waals surface area contributed by atoms with Gasteiger partial charge in [0.15, 0.2) is 0 Å². The molecule has 1 N–H and O–H groups in total. The summed E-state index contributed by atoms with van der Waals surface area (Å²) in [7, 11) is 1.20. The number of rotatable bonds is 5. The van der Waals surface area contributed by atoms with Crippen LogP contribution in [-0.2, 0) is 11.3 Å². The van der Waals surface area contributed by atoms with Crippen LogP contribution in [0.15, 0.2) is 48.5 Å². The Kier molecular flexibility index (Phi) is 4.56. The SMILES string of the molecule is COC(=O)c1cc(OCc2ccccc2)ccc1C(=O)O. The first-order valence-electron chi connectivity index (χ1n) is 6.24. The molecule has 5 nitrogen and oxygen atoms in total. The second-order valence-electron chi connectivity index (χ2n) is 4.28. The summed E-state index contributed by atoms with van der Waals surface area (Å²) in [5, 5.41) is 9.06. The van der Waals surface area contributed by atoms with Crippen LogP contribution in [0.3, 0.4) is 0 Å². The molecule has 0 aliphatic rings. The molecular formula is C16H14O5. The van der Waals surface area contributed by atoms with Crippen LogP contribution in [-0.4, -0.2) is 24.2 Å². The highest BCUT2D eigenvalue weighted by molar-refractivity contribution is 6.02. The lowest BCUT2D eigenvalue weighted by molar-refractivity contribution is 0.0582. The van der Waals surface area contributed by atoms with Crippen molar-refractivity contribution in [2.75, 3.05) is 7.11 Å². The number of benzene rings is 2. The number of carbonyl (C=O) groups is 2. The number of ether oxygens (including phenoxy) is 2. The molecule has 0 aliphatic carbocycles. The molecule has 2 aromatic rings. The van der Waals surface area contributed by atoms with E-state index in [1.54, 1.807) is 0 Å². The van der Waals surface area contributed by atoms with E-state index < -0.39 is 11.9 Å². The first-order valence-corrected chi connectivity index (χ1v) is 6.24. The maximum Gasteiger partial charge on any atom is 0.338 e. The molecule has 5 heteroatoms. The predicted molar refractivity (Wildman–Crippen MR) is 75.5 cm³/mol. The van der Waals surface area contributed by atoms with E-state index >= 15 is 0 Å². The molecular weight excluding hydrogens is 272 g/mol. The minimum absolute atomic E-state index is 0.0319. The fraction of sp³-hybridized carbons (Fsp3) is 0.125. The molecule has 0 fully saturated rings. The second-order valence-corrected chi connectivity index (χ2v) is 4.28. The fourth-order valence-corrected chi connectivity index (χ4v) is 1.82. The van der Waals surface area contributed by atoms with E-state index in [-0.39, 0.29) is 11.1 Å². The van der Waals surface area contributed by atoms with Gasteiger partial charge in [0.05, 0.1) is 18.2 Å². The van der Waals surface area contributed by atoms with Gasteiger partial charge in [-0.25, -0.2) is 9.59 Å². The topological polar surface area (TPSA) is 72.8 Å². The molecule has 0 spiro atoms. The van der Waals surface area contributed by atoms with Gasteiger partial charge in [-0.05, 0) is 23.8 Å². The molecule has 0 saturated heterocycles. The average molecular weight is 286 g/mol. The number of hydrogen-bond donors (Lipinski definition) is 1. The molecule has 0 atom stereocenters. The summed E-state index contributed by atoms with van der Waals surface area (Å²) in [5.74, 6) is -1.49. The number of hydrogen-bond acceptors (Lipinski definition) is 4. The Morgan fingerprint density at radius 3 is 2.38 bits per heavy atom. The lowest BCUT2D eigenvalue weighted by atomic mass is 10.1. The normalized spacial score (nSPS) is 9.95. The zero-order valence-electron chi connectivity index (χ0n) is 11.4. The van der Waals surface area contributed by atoms with Crippen molar-refractivity contribution in [3.63, 3.8) is 0 Å². The van der Waals surface area contributed by atoms with Crippen molar-refractivity contribution in [2.24, 2.45) is 0 Å². The molecule has 0 radical (unpaired) electrons. The van der Waals surface area contributed by atoms with Crippen molar-refractivity contribution >= 4 is 11.9 Å². The van der Waals surface area contributed by atoms with Gasteiger partial charge < -0.3 is 14.6 Å². The van der Waals surface area contributed by atoms with Gasteiger partial charge in [-0.2, -0.15) is 0 Å². The maximum absolute atomic E-state index is 11.6. The van der Waals surface area contributed by atoms with Crippen LogP contribution in [0, 0.1) is 0 Å². The van der Waals surface area contributed by atoms with Gasteiger partial charge in [0.25, 0.3) is 0 Å². The van der Waals surface area contributed by atoms with Gasteiger partial charge in [-0.3, -0.25) is 0 Å². The molecule has 0 unspecified atom stereocenters. The Labute approximate surface area is 121 Å². The predicted octanol–water partition coefficient (Wildman–Crippen LogP) is 2.75. The highest BCUT2D eigenvalue weighted by atomic mass is 16.5. The van der Waals surface area contributed by atoms with E-state index in [0.717, 1.165) is 5.56 Å². The van der Waals surface area contributed by atoms with E-state index in [2.05, 4.69) is 4.74 Å². The minimum Gasteiger partial charge on any atom is -0.489 e. The van der Waals surface area contributed by atoms with Gasteiger partial charge in [0.2, 0.25) is 0 Å². The third-order valence-electron chi connectivity index (χ3n) is 2.88. The quantitative estimate of drug-likeness (QED) is 0.856. The van der Waals surface area contributed by atoms with E-state index in [4.69, 9.17) is 9.84 Å². The molecule has 0 amide bonds. The van der Waals surface area contributed by atoms with Gasteiger partial charge in [0, 0.05) is 0 Å². The summed E-state index contributed by atoms with van der Waals surface area (Å²) in [6.45, 7) is 0.327. The van der Waals surface area contributed by atoms with E-state index in [1.807, 2.05) is 30.3 Å². The number of methoxy groups -OCH3 is 1. The number of carbonyl (C=O) groups excluding carboxylic acids is 1. The lowest BCUT2D eigenvalue weighted by Gasteiger charge is -2.09. The third kappa shape index (κ3) is 3.60. The molecule has 2 aromatic carbocycles. The maximum atomic E-state index is 11.6. The van der Waals surface area contributed by atoms with Crippen LogP contribution in [0.2, 0.25) is 0 Å². The molecule has 108 valence electrons. The standard InChI is InChI=1S/C16H14O5/c1-20-16(19)14-9-12(7-8-13(14)15(17)18)21-10-11-5-3-2-4-6-11/h2-9H,10H2,1H3,(H,17,18). The van der Waals surface area contributed by atoms with Crippen LogP contribution in [0.25, 0.3) is 0 Å². The summed E-state index contributed by atoms with van der Waals surface area (Å²) in [5.41, 5.74) is 0.823. The highest BCUT2D eigenvalue weighted by Crippen LogP contribution is 2.20. The van der Waals surface area contributed by atoms with Gasteiger partial charge in [-0.15, -0.1) is 0 Å². The van der Waals surface area contributed by atoms with Gasteiger partial charge in [-0.1, -0.05) is 30.3 Å². The van der Waals surface area contributed by atoms with E-state index in [9.17, 15) is 9.59 Å². The lowest BCUT2D eigenvalue weighted by Crippen LogP contribution is -2.10. The zero-order chi connectivity index (χ0) is 15.2. The van der Waals surface area contributed by atoms with Crippen LogP contribution in [0.1, 0.15) is 26.3 Å². The first kappa shape index (κ1) is 14.6. The molecule has 0 bridgehead atoms. The molecule has 0 aromatic heterocycles. The number of carboxylic acid groups (broad SMARTS) is 1. The molecule has 0 aliphatic heterocycles. The monoisotopic (exact) mass is 286 g/mol.